The average Bonchev–Trinajstić information content (AvgIpc) is 3.35. The number of fused-ring (bicyclic) bond motifs is 4. The van der Waals surface area contributed by atoms with Gasteiger partial charge in [-0.3, -0.25) is 4.79 Å². The molecule has 1 unspecified atom stereocenters. The molecule has 2 heterocycles. The lowest BCUT2D eigenvalue weighted by atomic mass is 9.72. The van der Waals surface area contributed by atoms with E-state index in [1.165, 1.54) is 13.0 Å². The molecule has 0 aromatic heterocycles. The van der Waals surface area contributed by atoms with Crippen LogP contribution in [0.5, 0.6) is 0 Å². The first-order valence-electron chi connectivity index (χ1n) is 9.88. The van der Waals surface area contributed by atoms with E-state index in [0.29, 0.717) is 11.1 Å². The zero-order chi connectivity index (χ0) is 22.0. The molecule has 9 nitrogen and oxygen atoms in total. The highest BCUT2D eigenvalue weighted by atomic mass is 16.6. The van der Waals surface area contributed by atoms with Gasteiger partial charge in [-0.1, -0.05) is 6.08 Å². The number of ether oxygens (including phenoxy) is 2. The van der Waals surface area contributed by atoms with Crippen LogP contribution in [0.2, 0.25) is 0 Å². The Balaban J connectivity index is 1.92. The molecule has 2 aliphatic heterocycles. The van der Waals surface area contributed by atoms with Gasteiger partial charge < -0.3 is 19.7 Å². The van der Waals surface area contributed by atoms with E-state index >= 15 is 0 Å². The molecule has 2 aliphatic carbocycles. The van der Waals surface area contributed by atoms with Gasteiger partial charge in [0, 0.05) is 17.6 Å². The van der Waals surface area contributed by atoms with Crippen LogP contribution < -0.4 is 0 Å². The number of esters is 2. The first-order chi connectivity index (χ1) is 14.1. The fourth-order valence-electron chi connectivity index (χ4n) is 5.00. The lowest BCUT2D eigenvalue weighted by molar-refractivity contribution is -0.154. The van der Waals surface area contributed by atoms with Gasteiger partial charge in [0.2, 0.25) is 0 Å². The minimum absolute atomic E-state index is 0.0396. The quantitative estimate of drug-likeness (QED) is 0.505. The molecule has 0 amide bonds. The molecule has 30 heavy (non-hydrogen) atoms. The predicted molar refractivity (Wildman–Crippen MR) is 102 cm³/mol. The summed E-state index contributed by atoms with van der Waals surface area (Å²) >= 11 is 0. The number of azo groups is 1. The van der Waals surface area contributed by atoms with Gasteiger partial charge >= 0.3 is 11.9 Å². The molecule has 0 aromatic rings. The number of carbonyl (C=O) groups excluding carboxylic acids is 3. The summed E-state index contributed by atoms with van der Waals surface area (Å²) in [5.74, 6) is -2.93. The van der Waals surface area contributed by atoms with Crippen molar-refractivity contribution in [3.8, 4) is 0 Å². The average molecular weight is 416 g/mol. The van der Waals surface area contributed by atoms with Crippen LogP contribution in [-0.4, -0.2) is 63.9 Å². The van der Waals surface area contributed by atoms with Crippen LogP contribution >= 0.6 is 0 Å². The first-order valence-corrected chi connectivity index (χ1v) is 9.88. The second-order valence-corrected chi connectivity index (χ2v) is 8.30. The summed E-state index contributed by atoms with van der Waals surface area (Å²) in [4.78, 5) is 38.2. The van der Waals surface area contributed by atoms with Crippen molar-refractivity contribution >= 4 is 17.7 Å². The third-order valence-corrected chi connectivity index (χ3v) is 6.78. The molecular formula is C21H24N2O7. The van der Waals surface area contributed by atoms with Crippen LogP contribution in [0.4, 0.5) is 0 Å². The maximum Gasteiger partial charge on any atom is 0.337 e. The molecule has 1 spiro atoms. The monoisotopic (exact) mass is 416 g/mol. The van der Waals surface area contributed by atoms with Crippen molar-refractivity contribution in [2.45, 2.75) is 63.6 Å². The second kappa shape index (κ2) is 6.68. The molecule has 0 radical (unpaired) electrons. The van der Waals surface area contributed by atoms with Gasteiger partial charge in [-0.25, -0.2) is 9.59 Å². The van der Waals surface area contributed by atoms with Gasteiger partial charge in [0.05, 0.1) is 12.5 Å². The number of carbonyl (C=O) groups is 3. The number of rotatable bonds is 2. The number of hydrogen-bond acceptors (Lipinski definition) is 9. The number of ketones is 1. The lowest BCUT2D eigenvalue weighted by Crippen LogP contribution is -2.54. The van der Waals surface area contributed by atoms with E-state index in [1.54, 1.807) is 26.8 Å². The summed E-state index contributed by atoms with van der Waals surface area (Å²) in [6, 6.07) is 0. The van der Waals surface area contributed by atoms with E-state index in [4.69, 9.17) is 9.47 Å². The molecule has 4 rings (SSSR count). The van der Waals surface area contributed by atoms with E-state index in [0.717, 1.165) is 0 Å². The predicted octanol–water partition coefficient (Wildman–Crippen LogP) is 0.952. The molecule has 0 saturated carbocycles. The number of hydrogen-bond donors (Lipinski definition) is 2. The summed E-state index contributed by atoms with van der Waals surface area (Å²) in [6.07, 6.45) is -0.951. The van der Waals surface area contributed by atoms with Crippen molar-refractivity contribution in [1.82, 2.24) is 0 Å². The van der Waals surface area contributed by atoms with Crippen molar-refractivity contribution < 1.29 is 34.1 Å². The highest BCUT2D eigenvalue weighted by molar-refractivity contribution is 6.11. The molecule has 0 aromatic carbocycles. The van der Waals surface area contributed by atoms with Gasteiger partial charge in [0.1, 0.15) is 12.2 Å². The summed E-state index contributed by atoms with van der Waals surface area (Å²) in [5, 5.41) is 31.1. The van der Waals surface area contributed by atoms with Gasteiger partial charge in [-0.15, -0.1) is 0 Å². The van der Waals surface area contributed by atoms with Crippen molar-refractivity contribution in [2.24, 2.45) is 16.1 Å². The van der Waals surface area contributed by atoms with Crippen molar-refractivity contribution in [2.75, 3.05) is 6.54 Å². The largest absolute Gasteiger partial charge is 0.456 e. The van der Waals surface area contributed by atoms with Crippen LogP contribution in [-0.2, 0) is 23.9 Å². The molecule has 6 atom stereocenters. The van der Waals surface area contributed by atoms with Crippen LogP contribution in [0.1, 0.15) is 34.1 Å². The summed E-state index contributed by atoms with van der Waals surface area (Å²) in [6.45, 7) is 6.59. The van der Waals surface area contributed by atoms with E-state index in [1.807, 2.05) is 0 Å². The van der Waals surface area contributed by atoms with E-state index in [2.05, 4.69) is 10.2 Å². The SMILES string of the molecule is C/C=C(/C)C(=O)O[C@@H]1C(C)=C2C(=O)C=C(C)[C@]2(O)[C@H]2OC(=O)C3(CCN=N3)[C@@H]2[C@H]1O. The second-order valence-electron chi connectivity index (χ2n) is 8.30. The number of nitrogens with zero attached hydrogens (tertiary/aromatic N) is 2. The fraction of sp³-hybridized carbons (Fsp3) is 0.571. The van der Waals surface area contributed by atoms with Gasteiger partial charge in [0.25, 0.3) is 0 Å². The Morgan fingerprint density at radius 3 is 2.67 bits per heavy atom. The van der Waals surface area contributed by atoms with E-state index in [9.17, 15) is 24.6 Å². The van der Waals surface area contributed by atoms with Crippen LogP contribution in [0, 0.1) is 5.92 Å². The van der Waals surface area contributed by atoms with Gasteiger partial charge in [-0.2, -0.15) is 10.2 Å². The van der Waals surface area contributed by atoms with Gasteiger partial charge in [0.15, 0.2) is 23.0 Å². The van der Waals surface area contributed by atoms with Gasteiger partial charge in [-0.05, 0) is 44.9 Å². The molecule has 1 fully saturated rings. The Bertz CT molecular complexity index is 978. The Kier molecular flexibility index (Phi) is 4.59. The van der Waals surface area contributed by atoms with Crippen LogP contribution in [0.25, 0.3) is 0 Å². The Morgan fingerprint density at radius 1 is 1.37 bits per heavy atom. The van der Waals surface area contributed by atoms with Crippen molar-refractivity contribution in [3.05, 3.63) is 34.4 Å². The maximum atomic E-state index is 12.9. The van der Waals surface area contributed by atoms with Crippen LogP contribution in [0.15, 0.2) is 44.7 Å². The Hall–Kier alpha value is -2.65. The maximum absolute atomic E-state index is 12.9. The molecule has 160 valence electrons. The topological polar surface area (TPSA) is 135 Å². The normalized spacial score (nSPS) is 40.3. The van der Waals surface area contributed by atoms with Crippen LogP contribution in [0.3, 0.4) is 0 Å². The van der Waals surface area contributed by atoms with Crippen molar-refractivity contribution in [1.29, 1.82) is 0 Å². The summed E-state index contributed by atoms with van der Waals surface area (Å²) in [5.41, 5.74) is -2.65. The Morgan fingerprint density at radius 2 is 2.07 bits per heavy atom. The minimum Gasteiger partial charge on any atom is -0.456 e. The summed E-state index contributed by atoms with van der Waals surface area (Å²) in [7, 11) is 0. The number of allylic oxidation sites excluding steroid dienone is 2. The Labute approximate surface area is 173 Å². The standard InChI is InChI=1S/C21H24N2O7/c1-5-9(2)18(26)29-16-11(4)13-12(24)8-10(3)21(13,28)17-14(15(16)25)20(19(27)30-17)6-7-22-23-20/h5,8,14-17,25,28H,6-7H2,1-4H3/b9-5-/t14-,15-,16-,17+,20?,21-/m1/s1. The molecule has 2 N–H and O–H groups in total. The minimum atomic E-state index is -1.94. The number of aliphatic hydroxyl groups is 2. The molecule has 1 saturated heterocycles. The molecule has 4 aliphatic rings. The van der Waals surface area contributed by atoms with E-state index < -0.39 is 53.1 Å². The zero-order valence-electron chi connectivity index (χ0n) is 17.2. The first kappa shape index (κ1) is 20.6. The molecule has 0 bridgehead atoms. The van der Waals surface area contributed by atoms with Crippen molar-refractivity contribution in [3.63, 3.8) is 0 Å². The third-order valence-electron chi connectivity index (χ3n) is 6.78. The van der Waals surface area contributed by atoms with E-state index in [-0.39, 0.29) is 24.1 Å². The highest BCUT2D eigenvalue weighted by Crippen LogP contribution is 2.54. The fourth-order valence-corrected chi connectivity index (χ4v) is 5.00. The number of aliphatic hydroxyl groups excluding tert-OH is 1. The third kappa shape index (κ3) is 2.45. The highest BCUT2D eigenvalue weighted by Gasteiger charge is 2.71. The summed E-state index contributed by atoms with van der Waals surface area (Å²) < 4.78 is 11.2. The smallest absolute Gasteiger partial charge is 0.337 e. The molecule has 9 heteroatoms. The molecular weight excluding hydrogens is 392 g/mol. The zero-order valence-corrected chi connectivity index (χ0v) is 17.2. The lowest BCUT2D eigenvalue weighted by Gasteiger charge is -2.36.